The zero-order chi connectivity index (χ0) is 19.3. The molecule has 0 bridgehead atoms. The maximum atomic E-state index is 6.14. The molecule has 2 atom stereocenters. The summed E-state index contributed by atoms with van der Waals surface area (Å²) in [5.41, 5.74) is 5.84. The normalized spacial score (nSPS) is 22.9. The molecule has 2 unspecified atom stereocenters. The quantitative estimate of drug-likeness (QED) is 0.707. The lowest BCUT2D eigenvalue weighted by Gasteiger charge is -2.44. The van der Waals surface area contributed by atoms with Crippen LogP contribution in [0.15, 0.2) is 48.5 Å². The van der Waals surface area contributed by atoms with Gasteiger partial charge in [0.05, 0.1) is 6.10 Å². The molecule has 1 aliphatic rings. The summed E-state index contributed by atoms with van der Waals surface area (Å²) in [6, 6.07) is 17.9. The monoisotopic (exact) mass is 365 g/mol. The first kappa shape index (κ1) is 20.1. The van der Waals surface area contributed by atoms with Gasteiger partial charge >= 0.3 is 0 Å². The lowest BCUT2D eigenvalue weighted by Crippen LogP contribution is -2.47. The highest BCUT2D eigenvalue weighted by Gasteiger charge is 2.40. The molecule has 2 heteroatoms. The molecule has 0 aliphatic carbocycles. The Morgan fingerprint density at radius 3 is 2.56 bits per heavy atom. The summed E-state index contributed by atoms with van der Waals surface area (Å²) in [4.78, 5) is 0. The third-order valence-electron chi connectivity index (χ3n) is 6.13. The Morgan fingerprint density at radius 2 is 1.85 bits per heavy atom. The Kier molecular flexibility index (Phi) is 6.73. The summed E-state index contributed by atoms with van der Waals surface area (Å²) in [7, 11) is 0. The number of nitrogens with one attached hydrogen (secondary N) is 1. The predicted octanol–water partition coefficient (Wildman–Crippen LogP) is 5.42. The number of hydrogen-bond acceptors (Lipinski definition) is 2. The van der Waals surface area contributed by atoms with Crippen LogP contribution in [0.25, 0.3) is 0 Å². The van der Waals surface area contributed by atoms with Gasteiger partial charge in [-0.2, -0.15) is 0 Å². The van der Waals surface area contributed by atoms with E-state index >= 15 is 0 Å². The van der Waals surface area contributed by atoms with Crippen molar-refractivity contribution in [3.05, 3.63) is 70.8 Å². The van der Waals surface area contributed by atoms with E-state index in [0.29, 0.717) is 12.0 Å². The topological polar surface area (TPSA) is 21.3 Å². The van der Waals surface area contributed by atoms with Crippen LogP contribution in [0, 0.1) is 12.8 Å². The van der Waals surface area contributed by atoms with Crippen LogP contribution >= 0.6 is 0 Å². The highest BCUT2D eigenvalue weighted by atomic mass is 16.5. The van der Waals surface area contributed by atoms with Crippen molar-refractivity contribution in [2.45, 2.75) is 65.0 Å². The SMILES string of the molecule is CCc1ccccc1C1(CNCc2ccc(C)cc2)CCOC(C(C)C)C1. The van der Waals surface area contributed by atoms with Gasteiger partial charge in [-0.15, -0.1) is 0 Å². The second kappa shape index (κ2) is 9.03. The molecular formula is C25H35NO. The molecule has 1 N–H and O–H groups in total. The fourth-order valence-corrected chi connectivity index (χ4v) is 4.38. The van der Waals surface area contributed by atoms with E-state index in [-0.39, 0.29) is 5.41 Å². The van der Waals surface area contributed by atoms with E-state index in [0.717, 1.165) is 39.0 Å². The minimum absolute atomic E-state index is 0.157. The summed E-state index contributed by atoms with van der Waals surface area (Å²) in [5, 5.41) is 3.79. The Bertz CT molecular complexity index is 721. The molecule has 0 saturated carbocycles. The van der Waals surface area contributed by atoms with Crippen LogP contribution in [0.4, 0.5) is 0 Å². The second-order valence-electron chi connectivity index (χ2n) is 8.49. The maximum Gasteiger partial charge on any atom is 0.0607 e. The highest BCUT2D eigenvalue weighted by molar-refractivity contribution is 5.36. The van der Waals surface area contributed by atoms with Crippen LogP contribution in [0.5, 0.6) is 0 Å². The first-order valence-corrected chi connectivity index (χ1v) is 10.5. The number of hydrogen-bond donors (Lipinski definition) is 1. The zero-order valence-electron chi connectivity index (χ0n) is 17.4. The van der Waals surface area contributed by atoms with E-state index in [2.05, 4.69) is 81.5 Å². The average Bonchev–Trinajstić information content (AvgIpc) is 2.69. The summed E-state index contributed by atoms with van der Waals surface area (Å²) in [6.07, 6.45) is 3.62. The fraction of sp³-hybridized carbons (Fsp3) is 0.520. The molecule has 0 aromatic heterocycles. The molecule has 1 aliphatic heterocycles. The zero-order valence-corrected chi connectivity index (χ0v) is 17.4. The van der Waals surface area contributed by atoms with Crippen molar-refractivity contribution < 1.29 is 4.74 Å². The van der Waals surface area contributed by atoms with Gasteiger partial charge in [-0.05, 0) is 48.8 Å². The number of benzene rings is 2. The van der Waals surface area contributed by atoms with Gasteiger partial charge in [0.15, 0.2) is 0 Å². The van der Waals surface area contributed by atoms with Crippen molar-refractivity contribution in [2.75, 3.05) is 13.2 Å². The molecule has 2 aromatic rings. The average molecular weight is 366 g/mol. The third-order valence-corrected chi connectivity index (χ3v) is 6.13. The van der Waals surface area contributed by atoms with E-state index in [1.54, 1.807) is 0 Å². The molecule has 0 amide bonds. The second-order valence-corrected chi connectivity index (χ2v) is 8.49. The van der Waals surface area contributed by atoms with Gasteiger partial charge in [0, 0.05) is 25.1 Å². The molecule has 146 valence electrons. The van der Waals surface area contributed by atoms with E-state index in [1.807, 2.05) is 0 Å². The molecule has 3 rings (SSSR count). The fourth-order valence-electron chi connectivity index (χ4n) is 4.38. The first-order chi connectivity index (χ1) is 13.0. The van der Waals surface area contributed by atoms with E-state index < -0.39 is 0 Å². The molecule has 1 heterocycles. The van der Waals surface area contributed by atoms with Gasteiger partial charge < -0.3 is 10.1 Å². The first-order valence-electron chi connectivity index (χ1n) is 10.5. The molecule has 2 aromatic carbocycles. The number of rotatable bonds is 7. The summed E-state index contributed by atoms with van der Waals surface area (Å²) in [6.45, 7) is 11.8. The van der Waals surface area contributed by atoms with Crippen molar-refractivity contribution in [2.24, 2.45) is 5.92 Å². The maximum absolute atomic E-state index is 6.14. The molecule has 27 heavy (non-hydrogen) atoms. The Morgan fingerprint density at radius 1 is 1.11 bits per heavy atom. The lowest BCUT2D eigenvalue weighted by molar-refractivity contribution is -0.0450. The summed E-state index contributed by atoms with van der Waals surface area (Å²) in [5.74, 6) is 0.551. The smallest absolute Gasteiger partial charge is 0.0607 e. The van der Waals surface area contributed by atoms with Gasteiger partial charge in [0.2, 0.25) is 0 Å². The standard InChI is InChI=1S/C25H35NO/c1-5-22-8-6-7-9-23(22)25(14-15-27-24(16-25)19(2)3)18-26-17-21-12-10-20(4)11-13-21/h6-13,19,24,26H,5,14-18H2,1-4H3. The van der Waals surface area contributed by atoms with Crippen LogP contribution in [0.3, 0.4) is 0 Å². The van der Waals surface area contributed by atoms with Crippen LogP contribution in [0.2, 0.25) is 0 Å². The Labute approximate surface area is 165 Å². The van der Waals surface area contributed by atoms with Crippen LogP contribution in [-0.4, -0.2) is 19.3 Å². The largest absolute Gasteiger partial charge is 0.378 e. The minimum atomic E-state index is 0.157. The number of ether oxygens (including phenoxy) is 1. The molecule has 0 spiro atoms. The molecule has 1 saturated heterocycles. The van der Waals surface area contributed by atoms with Crippen molar-refractivity contribution in [1.29, 1.82) is 0 Å². The predicted molar refractivity (Wildman–Crippen MR) is 114 cm³/mol. The van der Waals surface area contributed by atoms with Gasteiger partial charge in [-0.3, -0.25) is 0 Å². The Balaban J connectivity index is 1.82. The van der Waals surface area contributed by atoms with E-state index in [1.165, 1.54) is 22.3 Å². The van der Waals surface area contributed by atoms with Crippen LogP contribution in [0.1, 0.15) is 55.9 Å². The lowest BCUT2D eigenvalue weighted by atomic mass is 9.69. The van der Waals surface area contributed by atoms with Crippen LogP contribution in [-0.2, 0) is 23.1 Å². The minimum Gasteiger partial charge on any atom is -0.378 e. The number of aryl methyl sites for hydroxylation is 2. The molecule has 2 nitrogen and oxygen atoms in total. The Hall–Kier alpha value is -1.64. The van der Waals surface area contributed by atoms with Crippen molar-refractivity contribution in [1.82, 2.24) is 5.32 Å². The molecule has 1 fully saturated rings. The van der Waals surface area contributed by atoms with Crippen molar-refractivity contribution in [3.8, 4) is 0 Å². The molecule has 0 radical (unpaired) electrons. The van der Waals surface area contributed by atoms with E-state index in [4.69, 9.17) is 4.74 Å². The van der Waals surface area contributed by atoms with Gasteiger partial charge in [-0.1, -0.05) is 74.9 Å². The van der Waals surface area contributed by atoms with Crippen LogP contribution < -0.4 is 5.32 Å². The highest BCUT2D eigenvalue weighted by Crippen LogP contribution is 2.40. The van der Waals surface area contributed by atoms with Crippen molar-refractivity contribution in [3.63, 3.8) is 0 Å². The van der Waals surface area contributed by atoms with Crippen molar-refractivity contribution >= 4 is 0 Å². The summed E-state index contributed by atoms with van der Waals surface area (Å²) >= 11 is 0. The third kappa shape index (κ3) is 4.80. The summed E-state index contributed by atoms with van der Waals surface area (Å²) < 4.78 is 6.14. The van der Waals surface area contributed by atoms with Gasteiger partial charge in [-0.25, -0.2) is 0 Å². The van der Waals surface area contributed by atoms with Gasteiger partial charge in [0.1, 0.15) is 0 Å². The van der Waals surface area contributed by atoms with Gasteiger partial charge in [0.25, 0.3) is 0 Å². The van der Waals surface area contributed by atoms with E-state index in [9.17, 15) is 0 Å². The molecular weight excluding hydrogens is 330 g/mol.